The fraction of sp³-hybridized carbons (Fsp3) is 0.238. The molecule has 1 saturated heterocycles. The van der Waals surface area contributed by atoms with Gasteiger partial charge in [0.05, 0.1) is 30.0 Å². The third-order valence-corrected chi connectivity index (χ3v) is 5.29. The first-order valence-electron chi connectivity index (χ1n) is 9.58. The maximum absolute atomic E-state index is 14.1. The zero-order valence-electron chi connectivity index (χ0n) is 16.3. The van der Waals surface area contributed by atoms with Crippen molar-refractivity contribution >= 4 is 34.4 Å². The molecule has 3 heterocycles. The lowest BCUT2D eigenvalue weighted by molar-refractivity contribution is -0.122. The van der Waals surface area contributed by atoms with Crippen molar-refractivity contribution in [2.75, 3.05) is 11.9 Å². The number of benzene rings is 1. The number of nitrogens with one attached hydrogen (secondary N) is 1. The number of hydrogen-bond donors (Lipinski definition) is 2. The number of hydrogen-bond acceptors (Lipinski definition) is 4. The molecule has 160 valence electrons. The SMILES string of the molecule is NC(=O)n1cc(NC(=O)N2C[C@H](F)C[C@H]2C(=O)Cc2ccncc2F)c2ccccc21. The van der Waals surface area contributed by atoms with Crippen molar-refractivity contribution in [1.82, 2.24) is 14.5 Å². The summed E-state index contributed by atoms with van der Waals surface area (Å²) in [5.41, 5.74) is 6.31. The van der Waals surface area contributed by atoms with Crippen molar-refractivity contribution in [1.29, 1.82) is 0 Å². The minimum Gasteiger partial charge on any atom is -0.351 e. The molecule has 0 unspecified atom stereocenters. The summed E-state index contributed by atoms with van der Waals surface area (Å²) in [6.45, 7) is -0.268. The molecule has 1 fully saturated rings. The van der Waals surface area contributed by atoms with E-state index in [0.717, 1.165) is 11.1 Å². The summed E-state index contributed by atoms with van der Waals surface area (Å²) in [6.07, 6.45) is 1.90. The van der Waals surface area contributed by atoms with Gasteiger partial charge in [-0.15, -0.1) is 0 Å². The van der Waals surface area contributed by atoms with Gasteiger partial charge in [-0.3, -0.25) is 14.3 Å². The normalized spacial score (nSPS) is 18.3. The average molecular weight is 427 g/mol. The number of fused-ring (bicyclic) bond motifs is 1. The van der Waals surface area contributed by atoms with E-state index in [-0.39, 0.29) is 24.9 Å². The Hall–Kier alpha value is -3.82. The molecule has 0 spiro atoms. The number of nitrogens with two attached hydrogens (primary N) is 1. The summed E-state index contributed by atoms with van der Waals surface area (Å²) in [5, 5.41) is 3.20. The third-order valence-electron chi connectivity index (χ3n) is 5.29. The highest BCUT2D eigenvalue weighted by Gasteiger charge is 2.40. The number of primary amides is 1. The summed E-state index contributed by atoms with van der Waals surface area (Å²) < 4.78 is 29.2. The van der Waals surface area contributed by atoms with Crippen LogP contribution in [0.4, 0.5) is 24.1 Å². The van der Waals surface area contributed by atoms with E-state index in [9.17, 15) is 23.2 Å². The molecular weight excluding hydrogens is 408 g/mol. The molecule has 1 aliphatic rings. The summed E-state index contributed by atoms with van der Waals surface area (Å²) >= 11 is 0. The Morgan fingerprint density at radius 3 is 2.74 bits per heavy atom. The summed E-state index contributed by atoms with van der Waals surface area (Å²) in [5.74, 6) is -1.11. The highest BCUT2D eigenvalue weighted by molar-refractivity contribution is 6.05. The Bertz CT molecular complexity index is 1180. The molecule has 0 radical (unpaired) electrons. The molecule has 3 N–H and O–H groups in total. The van der Waals surface area contributed by atoms with Crippen LogP contribution in [-0.2, 0) is 11.2 Å². The van der Waals surface area contributed by atoms with Crippen LogP contribution < -0.4 is 11.1 Å². The number of carbonyl (C=O) groups is 3. The van der Waals surface area contributed by atoms with Crippen molar-refractivity contribution in [2.45, 2.75) is 25.1 Å². The number of alkyl halides is 1. The summed E-state index contributed by atoms with van der Waals surface area (Å²) in [7, 11) is 0. The third kappa shape index (κ3) is 3.96. The van der Waals surface area contributed by atoms with Crippen LogP contribution in [0.1, 0.15) is 12.0 Å². The summed E-state index contributed by atoms with van der Waals surface area (Å²) in [4.78, 5) is 42.1. The monoisotopic (exact) mass is 427 g/mol. The minimum absolute atomic E-state index is 0.132. The first kappa shape index (κ1) is 20.5. The first-order chi connectivity index (χ1) is 14.8. The lowest BCUT2D eigenvalue weighted by Gasteiger charge is -2.23. The Morgan fingerprint density at radius 2 is 2.00 bits per heavy atom. The lowest BCUT2D eigenvalue weighted by atomic mass is 10.0. The second kappa shape index (κ2) is 8.13. The molecule has 8 nitrogen and oxygen atoms in total. The highest BCUT2D eigenvalue weighted by atomic mass is 19.1. The number of rotatable bonds is 4. The van der Waals surface area contributed by atoms with E-state index >= 15 is 0 Å². The molecule has 3 aromatic rings. The number of carbonyl (C=O) groups excluding carboxylic acids is 3. The number of Topliss-reactive ketones (excluding diaryl/α,β-unsaturated/α-hetero) is 1. The van der Waals surface area contributed by atoms with Gasteiger partial charge >= 0.3 is 12.1 Å². The number of amides is 3. The van der Waals surface area contributed by atoms with Crippen LogP contribution in [0.3, 0.4) is 0 Å². The molecule has 1 aromatic carbocycles. The first-order valence-corrected chi connectivity index (χ1v) is 9.58. The number of nitrogens with zero attached hydrogens (tertiary/aromatic N) is 3. The molecule has 31 heavy (non-hydrogen) atoms. The van der Waals surface area contributed by atoms with Gasteiger partial charge in [0.2, 0.25) is 0 Å². The lowest BCUT2D eigenvalue weighted by Crippen LogP contribution is -2.43. The maximum atomic E-state index is 14.1. The predicted molar refractivity (Wildman–Crippen MR) is 109 cm³/mol. The molecule has 1 aliphatic heterocycles. The van der Waals surface area contributed by atoms with E-state index in [1.54, 1.807) is 24.3 Å². The molecule has 2 aromatic heterocycles. The van der Waals surface area contributed by atoms with Gasteiger partial charge in [0.15, 0.2) is 5.78 Å². The van der Waals surface area contributed by atoms with Gasteiger partial charge in [-0.1, -0.05) is 18.2 Å². The Morgan fingerprint density at radius 1 is 1.23 bits per heavy atom. The molecule has 2 atom stereocenters. The Labute approximate surface area is 175 Å². The van der Waals surface area contributed by atoms with Crippen molar-refractivity contribution in [3.63, 3.8) is 0 Å². The van der Waals surface area contributed by atoms with Gasteiger partial charge in [0.1, 0.15) is 12.0 Å². The second-order valence-corrected chi connectivity index (χ2v) is 7.31. The average Bonchev–Trinajstić information content (AvgIpc) is 3.31. The second-order valence-electron chi connectivity index (χ2n) is 7.31. The smallest absolute Gasteiger partial charge is 0.323 e. The fourth-order valence-electron chi connectivity index (χ4n) is 3.82. The van der Waals surface area contributed by atoms with Crippen molar-refractivity contribution in [3.8, 4) is 0 Å². The van der Waals surface area contributed by atoms with E-state index in [1.165, 1.54) is 23.0 Å². The van der Waals surface area contributed by atoms with E-state index in [1.807, 2.05) is 0 Å². The Kier molecular flexibility index (Phi) is 5.37. The number of ketones is 1. The zero-order valence-corrected chi connectivity index (χ0v) is 16.3. The highest BCUT2D eigenvalue weighted by Crippen LogP contribution is 2.28. The maximum Gasteiger partial charge on any atom is 0.323 e. The van der Waals surface area contributed by atoms with Crippen LogP contribution in [0.2, 0.25) is 0 Å². The number of aromatic nitrogens is 2. The van der Waals surface area contributed by atoms with E-state index < -0.39 is 35.9 Å². The fourth-order valence-corrected chi connectivity index (χ4v) is 3.82. The number of pyridine rings is 1. The molecule has 3 amide bonds. The van der Waals surface area contributed by atoms with Crippen LogP contribution in [0.15, 0.2) is 48.9 Å². The van der Waals surface area contributed by atoms with Crippen LogP contribution >= 0.6 is 0 Å². The van der Waals surface area contributed by atoms with E-state index in [4.69, 9.17) is 5.73 Å². The molecule has 4 rings (SSSR count). The van der Waals surface area contributed by atoms with E-state index in [0.29, 0.717) is 16.6 Å². The van der Waals surface area contributed by atoms with Gasteiger partial charge in [-0.05, 0) is 17.7 Å². The number of likely N-dealkylation sites (tertiary alicyclic amines) is 1. The van der Waals surface area contributed by atoms with Gasteiger partial charge < -0.3 is 16.0 Å². The van der Waals surface area contributed by atoms with Crippen LogP contribution in [0.5, 0.6) is 0 Å². The molecule has 0 saturated carbocycles. The number of halogens is 2. The molecule has 10 heteroatoms. The number of urea groups is 1. The summed E-state index contributed by atoms with van der Waals surface area (Å²) in [6, 6.07) is 5.72. The molecule has 0 aliphatic carbocycles. The van der Waals surface area contributed by atoms with Crippen molar-refractivity contribution in [2.24, 2.45) is 5.73 Å². The van der Waals surface area contributed by atoms with Crippen molar-refractivity contribution in [3.05, 3.63) is 60.3 Å². The van der Waals surface area contributed by atoms with Gasteiger partial charge in [0, 0.05) is 30.6 Å². The van der Waals surface area contributed by atoms with Gasteiger partial charge in [0.25, 0.3) is 0 Å². The molecule has 0 bridgehead atoms. The Balaban J connectivity index is 1.56. The zero-order chi connectivity index (χ0) is 22.1. The van der Waals surface area contributed by atoms with E-state index in [2.05, 4.69) is 10.3 Å². The van der Waals surface area contributed by atoms with Gasteiger partial charge in [-0.25, -0.2) is 18.4 Å². The largest absolute Gasteiger partial charge is 0.351 e. The topological polar surface area (TPSA) is 110 Å². The minimum atomic E-state index is -1.38. The molecular formula is C21H19F2N5O3. The number of anilines is 1. The quantitative estimate of drug-likeness (QED) is 0.667. The predicted octanol–water partition coefficient (Wildman–Crippen LogP) is 2.86. The van der Waals surface area contributed by atoms with Crippen LogP contribution in [0.25, 0.3) is 10.9 Å². The van der Waals surface area contributed by atoms with Crippen LogP contribution in [-0.4, -0.2) is 51.1 Å². The van der Waals surface area contributed by atoms with Crippen LogP contribution in [0, 0.1) is 5.82 Å². The van der Waals surface area contributed by atoms with Gasteiger partial charge in [-0.2, -0.15) is 0 Å². The van der Waals surface area contributed by atoms with Crippen molar-refractivity contribution < 1.29 is 23.2 Å². The number of para-hydroxylation sites is 1. The standard InChI is InChI=1S/C21H19F2N5O3/c22-13-8-18(19(29)7-12-5-6-25-9-15(12)23)28(10-13)21(31)26-16-11-27(20(24)30)17-4-2-1-3-14(16)17/h1-6,9,11,13,18H,7-8,10H2,(H2,24,30)(H,26,31)/t13-,18+/m1/s1.